The summed E-state index contributed by atoms with van der Waals surface area (Å²) in [7, 11) is 0. The lowest BCUT2D eigenvalue weighted by molar-refractivity contribution is 0.100. The summed E-state index contributed by atoms with van der Waals surface area (Å²) in [6.45, 7) is 1.08. The summed E-state index contributed by atoms with van der Waals surface area (Å²) in [5.74, 6) is -0.883. The Labute approximate surface area is 202 Å². The fraction of sp³-hybridized carbons (Fsp3) is 0.240. The number of aliphatic hydroxyl groups excluding tert-OH is 1. The Morgan fingerprint density at radius 2 is 1.83 bits per heavy atom. The second-order valence-electron chi connectivity index (χ2n) is 8.21. The van der Waals surface area contributed by atoms with Crippen molar-refractivity contribution >= 4 is 34.8 Å². The van der Waals surface area contributed by atoms with Gasteiger partial charge in [-0.3, -0.25) is 4.79 Å². The van der Waals surface area contributed by atoms with E-state index in [1.54, 1.807) is 11.0 Å². The number of anilines is 4. The molecular formula is C25H27FN6O3. The molecule has 10 heteroatoms. The summed E-state index contributed by atoms with van der Waals surface area (Å²) in [6, 6.07) is 14.3. The number of nitrogens with zero attached hydrogens (tertiary/aromatic N) is 2. The molecule has 9 nitrogen and oxygen atoms in total. The molecule has 1 aromatic heterocycles. The van der Waals surface area contributed by atoms with Crippen LogP contribution in [0.2, 0.25) is 0 Å². The molecule has 4 rings (SSSR count). The van der Waals surface area contributed by atoms with Gasteiger partial charge in [-0.15, -0.1) is 0 Å². The van der Waals surface area contributed by atoms with Gasteiger partial charge in [-0.1, -0.05) is 30.3 Å². The molecule has 0 radical (unpaired) electrons. The summed E-state index contributed by atoms with van der Waals surface area (Å²) in [5, 5.41) is 18.7. The minimum Gasteiger partial charge on any atom is -0.394 e. The van der Waals surface area contributed by atoms with E-state index in [4.69, 9.17) is 5.73 Å². The van der Waals surface area contributed by atoms with Gasteiger partial charge in [0.25, 0.3) is 5.91 Å². The van der Waals surface area contributed by atoms with Gasteiger partial charge < -0.3 is 31.7 Å². The summed E-state index contributed by atoms with van der Waals surface area (Å²) < 4.78 is 14.3. The highest BCUT2D eigenvalue weighted by Crippen LogP contribution is 2.27. The molecule has 2 aromatic carbocycles. The molecule has 182 valence electrons. The van der Waals surface area contributed by atoms with Gasteiger partial charge in [0, 0.05) is 31.0 Å². The Balaban J connectivity index is 1.55. The van der Waals surface area contributed by atoms with Crippen LogP contribution in [-0.2, 0) is 0 Å². The van der Waals surface area contributed by atoms with Crippen LogP contribution in [-0.4, -0.2) is 46.6 Å². The third-order valence-electron chi connectivity index (χ3n) is 5.76. The van der Waals surface area contributed by atoms with Crippen molar-refractivity contribution in [2.75, 3.05) is 35.6 Å². The Morgan fingerprint density at radius 1 is 1.09 bits per heavy atom. The number of primary amides is 1. The number of likely N-dealkylation sites (tertiary alicyclic amines) is 1. The molecule has 0 saturated carbocycles. The average Bonchev–Trinajstić information content (AvgIpc) is 3.40. The Morgan fingerprint density at radius 3 is 2.51 bits per heavy atom. The molecule has 0 unspecified atom stereocenters. The number of aliphatic hydroxyl groups is 1. The van der Waals surface area contributed by atoms with E-state index < -0.39 is 17.8 Å². The Hall–Kier alpha value is -4.18. The number of hydrogen-bond donors (Lipinski definition) is 5. The van der Waals surface area contributed by atoms with Crippen LogP contribution in [0.5, 0.6) is 0 Å². The topological polar surface area (TPSA) is 133 Å². The van der Waals surface area contributed by atoms with Crippen molar-refractivity contribution in [3.8, 4) is 0 Å². The number of nitrogens with one attached hydrogen (secondary N) is 3. The molecule has 1 aliphatic heterocycles. The quantitative estimate of drug-likeness (QED) is 0.334. The van der Waals surface area contributed by atoms with Crippen LogP contribution in [0.1, 0.15) is 34.8 Å². The maximum Gasteiger partial charge on any atom is 0.321 e. The van der Waals surface area contributed by atoms with Gasteiger partial charge in [0.2, 0.25) is 0 Å². The molecule has 3 aromatic rings. The number of amides is 3. The lowest BCUT2D eigenvalue weighted by Crippen LogP contribution is -2.32. The number of hydrogen-bond acceptors (Lipinski definition) is 6. The zero-order valence-electron chi connectivity index (χ0n) is 19.0. The fourth-order valence-electron chi connectivity index (χ4n) is 3.91. The van der Waals surface area contributed by atoms with Gasteiger partial charge in [-0.05, 0) is 36.6 Å². The Kier molecular flexibility index (Phi) is 7.41. The van der Waals surface area contributed by atoms with Crippen molar-refractivity contribution in [3.05, 3.63) is 77.7 Å². The van der Waals surface area contributed by atoms with E-state index in [9.17, 15) is 19.1 Å². The van der Waals surface area contributed by atoms with E-state index in [0.717, 1.165) is 18.4 Å². The summed E-state index contributed by atoms with van der Waals surface area (Å²) >= 11 is 0. The zero-order chi connectivity index (χ0) is 24.8. The third kappa shape index (κ3) is 5.85. The number of carbonyl (C=O) groups is 2. The number of halogens is 1. The highest BCUT2D eigenvalue weighted by molar-refractivity contribution is 5.98. The summed E-state index contributed by atoms with van der Waals surface area (Å²) in [6.07, 6.45) is 3.19. The summed E-state index contributed by atoms with van der Waals surface area (Å²) in [4.78, 5) is 30.2. The van der Waals surface area contributed by atoms with Crippen molar-refractivity contribution in [1.82, 2.24) is 9.88 Å². The van der Waals surface area contributed by atoms with Gasteiger partial charge in [0.15, 0.2) is 0 Å². The van der Waals surface area contributed by atoms with E-state index in [-0.39, 0.29) is 23.9 Å². The first kappa shape index (κ1) is 24.0. The first-order valence-electron chi connectivity index (χ1n) is 11.3. The number of urea groups is 1. The molecular weight excluding hydrogens is 451 g/mol. The van der Waals surface area contributed by atoms with Crippen LogP contribution < -0.4 is 21.7 Å². The highest BCUT2D eigenvalue weighted by Gasteiger charge is 2.20. The number of carbonyl (C=O) groups excluding carboxylic acids is 2. The molecule has 1 saturated heterocycles. The van der Waals surface area contributed by atoms with Crippen LogP contribution in [0.25, 0.3) is 0 Å². The number of pyridine rings is 1. The van der Waals surface area contributed by atoms with Crippen molar-refractivity contribution in [1.29, 1.82) is 0 Å². The van der Waals surface area contributed by atoms with E-state index in [2.05, 4.69) is 20.9 Å². The zero-order valence-corrected chi connectivity index (χ0v) is 19.0. The van der Waals surface area contributed by atoms with Crippen LogP contribution in [0.3, 0.4) is 0 Å². The van der Waals surface area contributed by atoms with Crippen molar-refractivity contribution in [3.63, 3.8) is 0 Å². The molecule has 6 N–H and O–H groups in total. The number of nitrogens with two attached hydrogens (primary N) is 1. The standard InChI is InChI=1S/C25H27FN6O3/c26-19-9-8-17(12-21(19)31-25(35)32-10-4-5-11-32)29-23-13-20(18(14-28-23)24(27)34)30-22(15-33)16-6-2-1-3-7-16/h1-3,6-9,12-14,22,33H,4-5,10-11,15H2,(H2,27,34)(H,31,35)(H2,28,29,30)/t22-/m1/s1. The second-order valence-corrected chi connectivity index (χ2v) is 8.21. The van der Waals surface area contributed by atoms with Crippen LogP contribution in [0.4, 0.5) is 32.1 Å². The Bertz CT molecular complexity index is 1200. The van der Waals surface area contributed by atoms with Crippen LogP contribution >= 0.6 is 0 Å². The fourth-order valence-corrected chi connectivity index (χ4v) is 3.91. The molecule has 0 bridgehead atoms. The van der Waals surface area contributed by atoms with Crippen molar-refractivity contribution in [2.45, 2.75) is 18.9 Å². The van der Waals surface area contributed by atoms with Gasteiger partial charge in [-0.2, -0.15) is 0 Å². The minimum atomic E-state index is -0.676. The molecule has 1 aliphatic rings. The molecule has 35 heavy (non-hydrogen) atoms. The first-order chi connectivity index (χ1) is 16.9. The largest absolute Gasteiger partial charge is 0.394 e. The number of aromatic nitrogens is 1. The molecule has 0 aliphatic carbocycles. The SMILES string of the molecule is NC(=O)c1cnc(Nc2ccc(F)c(NC(=O)N3CCCC3)c2)cc1N[C@H](CO)c1ccccc1. The van der Waals surface area contributed by atoms with Crippen LogP contribution in [0, 0.1) is 5.82 Å². The van der Waals surface area contributed by atoms with Crippen molar-refractivity contribution in [2.24, 2.45) is 5.73 Å². The molecule has 0 spiro atoms. The maximum atomic E-state index is 14.3. The number of rotatable bonds is 8. The van der Waals surface area contributed by atoms with E-state index in [1.807, 2.05) is 30.3 Å². The molecule has 2 heterocycles. The van der Waals surface area contributed by atoms with Gasteiger partial charge in [0.1, 0.15) is 11.6 Å². The van der Waals surface area contributed by atoms with E-state index in [0.29, 0.717) is 30.3 Å². The first-order valence-corrected chi connectivity index (χ1v) is 11.3. The molecule has 3 amide bonds. The third-order valence-corrected chi connectivity index (χ3v) is 5.76. The molecule has 1 atom stereocenters. The van der Waals surface area contributed by atoms with Crippen molar-refractivity contribution < 1.29 is 19.1 Å². The van der Waals surface area contributed by atoms with E-state index in [1.165, 1.54) is 24.4 Å². The summed E-state index contributed by atoms with van der Waals surface area (Å²) in [5.41, 5.74) is 7.41. The maximum absolute atomic E-state index is 14.3. The number of benzene rings is 2. The smallest absolute Gasteiger partial charge is 0.321 e. The average molecular weight is 479 g/mol. The monoisotopic (exact) mass is 478 g/mol. The highest BCUT2D eigenvalue weighted by atomic mass is 19.1. The van der Waals surface area contributed by atoms with Crippen LogP contribution in [0.15, 0.2) is 60.8 Å². The lowest BCUT2D eigenvalue weighted by Gasteiger charge is -2.20. The van der Waals surface area contributed by atoms with Gasteiger partial charge >= 0.3 is 6.03 Å². The normalized spacial score (nSPS) is 13.8. The predicted octanol–water partition coefficient (Wildman–Crippen LogP) is 3.84. The van der Waals surface area contributed by atoms with Gasteiger partial charge in [-0.25, -0.2) is 14.2 Å². The second kappa shape index (κ2) is 10.8. The van der Waals surface area contributed by atoms with E-state index >= 15 is 0 Å². The lowest BCUT2D eigenvalue weighted by atomic mass is 10.1. The minimum absolute atomic E-state index is 0.0448. The van der Waals surface area contributed by atoms with Gasteiger partial charge in [0.05, 0.1) is 29.6 Å². The molecule has 1 fully saturated rings. The predicted molar refractivity (Wildman–Crippen MR) is 132 cm³/mol.